The summed E-state index contributed by atoms with van der Waals surface area (Å²) in [4.78, 5) is 1.87. The van der Waals surface area contributed by atoms with Gasteiger partial charge in [0, 0.05) is 17.4 Å². The van der Waals surface area contributed by atoms with Crippen LogP contribution in [0, 0.1) is 13.8 Å². The summed E-state index contributed by atoms with van der Waals surface area (Å²) in [6, 6.07) is 4.09. The number of benzene rings is 1. The second-order valence-electron chi connectivity index (χ2n) is 5.19. The summed E-state index contributed by atoms with van der Waals surface area (Å²) in [5, 5.41) is 0. The summed E-state index contributed by atoms with van der Waals surface area (Å²) in [5.74, 6) is -2.52. The Kier molecular flexibility index (Phi) is 4.07. The highest BCUT2D eigenvalue weighted by atomic mass is 79.9. The van der Waals surface area contributed by atoms with Gasteiger partial charge in [-0.2, -0.15) is 0 Å². The molecule has 1 nitrogen and oxygen atoms in total. The lowest BCUT2D eigenvalue weighted by molar-refractivity contribution is -0.0661. The van der Waals surface area contributed by atoms with Crippen molar-refractivity contribution in [3.63, 3.8) is 0 Å². The number of likely N-dealkylation sites (tertiary alicyclic amines) is 1. The molecular formula is C14H18BrF2N. The van der Waals surface area contributed by atoms with Crippen LogP contribution in [0.2, 0.25) is 0 Å². The van der Waals surface area contributed by atoms with E-state index < -0.39 is 5.92 Å². The van der Waals surface area contributed by atoms with E-state index in [0.29, 0.717) is 13.0 Å². The molecular weight excluding hydrogens is 300 g/mol. The van der Waals surface area contributed by atoms with Crippen LogP contribution in [-0.4, -0.2) is 23.9 Å². The molecule has 18 heavy (non-hydrogen) atoms. The van der Waals surface area contributed by atoms with Gasteiger partial charge in [-0.1, -0.05) is 15.9 Å². The standard InChI is InChI=1S/C14H18BrF2N/c1-10-6-12(15)7-11(2)13(10)8-18-5-3-4-14(16,17)9-18/h6-7H,3-5,8-9H2,1-2H3. The van der Waals surface area contributed by atoms with Crippen LogP contribution in [0.15, 0.2) is 16.6 Å². The second-order valence-corrected chi connectivity index (χ2v) is 6.10. The van der Waals surface area contributed by atoms with E-state index in [1.165, 1.54) is 5.56 Å². The molecule has 1 aliphatic rings. The van der Waals surface area contributed by atoms with Crippen LogP contribution in [-0.2, 0) is 6.54 Å². The summed E-state index contributed by atoms with van der Waals surface area (Å²) in [6.07, 6.45) is 0.615. The topological polar surface area (TPSA) is 3.24 Å². The lowest BCUT2D eigenvalue weighted by Crippen LogP contribution is -2.42. The number of rotatable bonds is 2. The zero-order valence-corrected chi connectivity index (χ0v) is 12.4. The zero-order chi connectivity index (χ0) is 13.3. The first kappa shape index (κ1) is 13.9. The fraction of sp³-hybridized carbons (Fsp3) is 0.571. The van der Waals surface area contributed by atoms with Gasteiger partial charge in [-0.15, -0.1) is 0 Å². The summed E-state index contributed by atoms with van der Waals surface area (Å²) < 4.78 is 27.8. The molecule has 0 atom stereocenters. The van der Waals surface area contributed by atoms with Crippen molar-refractivity contribution in [2.24, 2.45) is 0 Å². The van der Waals surface area contributed by atoms with Gasteiger partial charge in [-0.05, 0) is 55.6 Å². The van der Waals surface area contributed by atoms with Crippen LogP contribution in [0.4, 0.5) is 8.78 Å². The molecule has 1 aromatic carbocycles. The largest absolute Gasteiger partial charge is 0.293 e. The average molecular weight is 318 g/mol. The number of nitrogens with zero attached hydrogens (tertiary/aromatic N) is 1. The number of hydrogen-bond donors (Lipinski definition) is 0. The van der Waals surface area contributed by atoms with Crippen molar-refractivity contribution in [1.29, 1.82) is 0 Å². The monoisotopic (exact) mass is 317 g/mol. The molecule has 0 unspecified atom stereocenters. The fourth-order valence-electron chi connectivity index (χ4n) is 2.60. The maximum Gasteiger partial charge on any atom is 0.260 e. The third-order valence-electron chi connectivity index (χ3n) is 3.51. The maximum atomic E-state index is 13.4. The van der Waals surface area contributed by atoms with E-state index in [-0.39, 0.29) is 13.0 Å². The quantitative estimate of drug-likeness (QED) is 0.786. The van der Waals surface area contributed by atoms with E-state index in [0.717, 1.165) is 22.1 Å². The third kappa shape index (κ3) is 3.29. The molecule has 0 saturated carbocycles. The van der Waals surface area contributed by atoms with Crippen molar-refractivity contribution in [3.8, 4) is 0 Å². The van der Waals surface area contributed by atoms with E-state index >= 15 is 0 Å². The highest BCUT2D eigenvalue weighted by Gasteiger charge is 2.35. The Morgan fingerprint density at radius 1 is 1.28 bits per heavy atom. The molecule has 0 radical (unpaired) electrons. The lowest BCUT2D eigenvalue weighted by Gasteiger charge is -2.33. The van der Waals surface area contributed by atoms with Gasteiger partial charge in [-0.3, -0.25) is 4.90 Å². The van der Waals surface area contributed by atoms with Gasteiger partial charge in [0.2, 0.25) is 0 Å². The predicted octanol–water partition coefficient (Wildman–Crippen LogP) is 4.30. The molecule has 0 aliphatic carbocycles. The molecule has 0 bridgehead atoms. The Hall–Kier alpha value is -0.480. The Morgan fingerprint density at radius 2 is 1.89 bits per heavy atom. The van der Waals surface area contributed by atoms with Gasteiger partial charge in [0.25, 0.3) is 5.92 Å². The van der Waals surface area contributed by atoms with E-state index in [9.17, 15) is 8.78 Å². The summed E-state index contributed by atoms with van der Waals surface area (Å²) in [7, 11) is 0. The number of hydrogen-bond acceptors (Lipinski definition) is 1. The van der Waals surface area contributed by atoms with Crippen molar-refractivity contribution in [1.82, 2.24) is 4.90 Å². The molecule has 1 fully saturated rings. The number of alkyl halides is 2. The minimum absolute atomic E-state index is 0.0296. The Labute approximate surface area is 115 Å². The highest BCUT2D eigenvalue weighted by Crippen LogP contribution is 2.29. The van der Waals surface area contributed by atoms with E-state index in [1.54, 1.807) is 0 Å². The first-order chi connectivity index (χ1) is 8.37. The minimum atomic E-state index is -2.52. The van der Waals surface area contributed by atoms with Crippen LogP contribution in [0.3, 0.4) is 0 Å². The SMILES string of the molecule is Cc1cc(Br)cc(C)c1CN1CCCC(F)(F)C1. The van der Waals surface area contributed by atoms with Gasteiger partial charge < -0.3 is 0 Å². The first-order valence-corrected chi connectivity index (χ1v) is 7.02. The molecule has 2 rings (SSSR count). The zero-order valence-electron chi connectivity index (χ0n) is 10.8. The molecule has 4 heteroatoms. The Balaban J connectivity index is 2.14. The summed E-state index contributed by atoms with van der Waals surface area (Å²) >= 11 is 3.46. The van der Waals surface area contributed by atoms with Crippen molar-refractivity contribution >= 4 is 15.9 Å². The Bertz CT molecular complexity index is 422. The van der Waals surface area contributed by atoms with Crippen molar-refractivity contribution in [2.75, 3.05) is 13.1 Å². The van der Waals surface area contributed by atoms with E-state index in [2.05, 4.69) is 15.9 Å². The molecule has 1 aliphatic heterocycles. The maximum absolute atomic E-state index is 13.4. The van der Waals surface area contributed by atoms with Gasteiger partial charge in [-0.25, -0.2) is 8.78 Å². The fourth-order valence-corrected chi connectivity index (χ4v) is 3.28. The molecule has 0 spiro atoms. The smallest absolute Gasteiger partial charge is 0.260 e. The molecule has 100 valence electrons. The molecule has 0 amide bonds. The van der Waals surface area contributed by atoms with Gasteiger partial charge in [0.05, 0.1) is 6.54 Å². The van der Waals surface area contributed by atoms with Gasteiger partial charge in [0.15, 0.2) is 0 Å². The number of piperidine rings is 1. The lowest BCUT2D eigenvalue weighted by atomic mass is 10.0. The first-order valence-electron chi connectivity index (χ1n) is 6.23. The second kappa shape index (κ2) is 5.25. The highest BCUT2D eigenvalue weighted by molar-refractivity contribution is 9.10. The van der Waals surface area contributed by atoms with E-state index in [1.807, 2.05) is 30.9 Å². The van der Waals surface area contributed by atoms with E-state index in [4.69, 9.17) is 0 Å². The molecule has 0 aromatic heterocycles. The van der Waals surface area contributed by atoms with Crippen LogP contribution < -0.4 is 0 Å². The van der Waals surface area contributed by atoms with Crippen molar-refractivity contribution in [3.05, 3.63) is 33.3 Å². The normalized spacial score (nSPS) is 20.1. The average Bonchev–Trinajstić information content (AvgIpc) is 2.22. The molecule has 1 saturated heterocycles. The van der Waals surface area contributed by atoms with Crippen LogP contribution in [0.5, 0.6) is 0 Å². The van der Waals surface area contributed by atoms with Gasteiger partial charge in [0.1, 0.15) is 0 Å². The molecule has 0 N–H and O–H groups in total. The van der Waals surface area contributed by atoms with Gasteiger partial charge >= 0.3 is 0 Å². The predicted molar refractivity (Wildman–Crippen MR) is 73.1 cm³/mol. The Morgan fingerprint density at radius 3 is 2.44 bits per heavy atom. The summed E-state index contributed by atoms with van der Waals surface area (Å²) in [6.45, 7) is 5.36. The van der Waals surface area contributed by atoms with Crippen molar-refractivity contribution in [2.45, 2.75) is 39.2 Å². The molecule has 1 aromatic rings. The minimum Gasteiger partial charge on any atom is -0.293 e. The number of aryl methyl sites for hydroxylation is 2. The van der Waals surface area contributed by atoms with Crippen LogP contribution in [0.1, 0.15) is 29.5 Å². The van der Waals surface area contributed by atoms with Crippen LogP contribution in [0.25, 0.3) is 0 Å². The number of halogens is 3. The molecule has 1 heterocycles. The summed E-state index contributed by atoms with van der Waals surface area (Å²) in [5.41, 5.74) is 3.50. The van der Waals surface area contributed by atoms with Crippen LogP contribution >= 0.6 is 15.9 Å². The van der Waals surface area contributed by atoms with Crippen molar-refractivity contribution < 1.29 is 8.78 Å². The third-order valence-corrected chi connectivity index (χ3v) is 3.97.